The first kappa shape index (κ1) is 12.7. The van der Waals surface area contributed by atoms with Gasteiger partial charge in [0.05, 0.1) is 0 Å². The highest BCUT2D eigenvalue weighted by Gasteiger charge is 1.85. The summed E-state index contributed by atoms with van der Waals surface area (Å²) in [6.07, 6.45) is 0. The number of nitrogens with one attached hydrogen (secondary N) is 1. The second-order valence-corrected chi connectivity index (χ2v) is 3.11. The van der Waals surface area contributed by atoms with E-state index in [0.29, 0.717) is 0 Å². The molecule has 0 heterocycles. The Morgan fingerprint density at radius 1 is 1.14 bits per heavy atom. The minimum Gasteiger partial charge on any atom is -0.399 e. The molecular weight excluding hydrogens is 210 g/mol. The molecule has 7 nitrogen and oxygen atoms in total. The summed E-state index contributed by atoms with van der Waals surface area (Å²) in [7, 11) is -4.67. The number of hydrazine groups is 1. The molecular formula is C6H11N3O4S. The summed E-state index contributed by atoms with van der Waals surface area (Å²) in [6.45, 7) is 0. The quantitative estimate of drug-likeness (QED) is 0.193. The Labute approximate surface area is 81.3 Å². The highest BCUT2D eigenvalue weighted by atomic mass is 32.3. The Morgan fingerprint density at radius 2 is 1.50 bits per heavy atom. The van der Waals surface area contributed by atoms with Crippen LogP contribution in [0.1, 0.15) is 0 Å². The maximum absolute atomic E-state index is 8.74. The average molecular weight is 221 g/mol. The van der Waals surface area contributed by atoms with Crippen LogP contribution in [-0.4, -0.2) is 17.5 Å². The zero-order valence-electron chi connectivity index (χ0n) is 7.08. The summed E-state index contributed by atoms with van der Waals surface area (Å²) < 4.78 is 31.6. The molecule has 0 unspecified atom stereocenters. The van der Waals surface area contributed by atoms with Gasteiger partial charge in [-0.05, 0) is 24.3 Å². The first-order chi connectivity index (χ1) is 6.33. The molecule has 1 aromatic rings. The summed E-state index contributed by atoms with van der Waals surface area (Å²) in [6, 6.07) is 7.20. The van der Waals surface area contributed by atoms with Crippen LogP contribution in [0, 0.1) is 0 Å². The zero-order valence-corrected chi connectivity index (χ0v) is 7.90. The molecule has 0 atom stereocenters. The highest BCUT2D eigenvalue weighted by molar-refractivity contribution is 7.79. The number of rotatable bonds is 1. The SMILES string of the molecule is NNc1ccc(N)cc1.O=S(=O)(O)O. The van der Waals surface area contributed by atoms with Crippen molar-refractivity contribution in [1.82, 2.24) is 0 Å². The molecule has 0 aliphatic heterocycles. The van der Waals surface area contributed by atoms with Gasteiger partial charge < -0.3 is 11.2 Å². The molecule has 0 aromatic heterocycles. The molecule has 0 saturated carbocycles. The van der Waals surface area contributed by atoms with Crippen molar-refractivity contribution in [2.45, 2.75) is 0 Å². The molecule has 14 heavy (non-hydrogen) atoms. The summed E-state index contributed by atoms with van der Waals surface area (Å²) in [5.74, 6) is 5.11. The molecule has 0 aliphatic carbocycles. The van der Waals surface area contributed by atoms with Gasteiger partial charge in [-0.3, -0.25) is 14.9 Å². The fourth-order valence-corrected chi connectivity index (χ4v) is 0.579. The molecule has 0 saturated heterocycles. The van der Waals surface area contributed by atoms with Crippen LogP contribution in [0.4, 0.5) is 11.4 Å². The monoisotopic (exact) mass is 221 g/mol. The van der Waals surface area contributed by atoms with E-state index >= 15 is 0 Å². The molecule has 0 bridgehead atoms. The van der Waals surface area contributed by atoms with Gasteiger partial charge in [0.2, 0.25) is 0 Å². The van der Waals surface area contributed by atoms with Crippen LogP contribution in [0.15, 0.2) is 24.3 Å². The van der Waals surface area contributed by atoms with E-state index in [9.17, 15) is 0 Å². The zero-order chi connectivity index (χ0) is 11.2. The predicted molar refractivity (Wildman–Crippen MR) is 52.8 cm³/mol. The largest absolute Gasteiger partial charge is 0.399 e. The smallest absolute Gasteiger partial charge is 0.394 e. The number of hydrogen-bond donors (Lipinski definition) is 5. The van der Waals surface area contributed by atoms with Crippen molar-refractivity contribution >= 4 is 21.8 Å². The number of hydrogen-bond acceptors (Lipinski definition) is 5. The van der Waals surface area contributed by atoms with Gasteiger partial charge in [0.1, 0.15) is 0 Å². The van der Waals surface area contributed by atoms with E-state index in [1.165, 1.54) is 0 Å². The third-order valence-electron chi connectivity index (χ3n) is 1.08. The van der Waals surface area contributed by atoms with Crippen LogP contribution in [-0.2, 0) is 10.4 Å². The van der Waals surface area contributed by atoms with E-state index in [1.807, 2.05) is 12.1 Å². The van der Waals surface area contributed by atoms with Crippen molar-refractivity contribution in [1.29, 1.82) is 0 Å². The molecule has 80 valence electrons. The maximum atomic E-state index is 8.74. The minimum atomic E-state index is -4.67. The van der Waals surface area contributed by atoms with Crippen molar-refractivity contribution in [2.75, 3.05) is 11.2 Å². The van der Waals surface area contributed by atoms with Crippen LogP contribution in [0.25, 0.3) is 0 Å². The lowest BCUT2D eigenvalue weighted by Gasteiger charge is -1.97. The fourth-order valence-electron chi connectivity index (χ4n) is 0.579. The summed E-state index contributed by atoms with van der Waals surface area (Å²) >= 11 is 0. The third kappa shape index (κ3) is 8.74. The predicted octanol–water partition coefficient (Wildman–Crippen LogP) is -0.0984. The first-order valence-electron chi connectivity index (χ1n) is 3.35. The Bertz CT molecular complexity index is 353. The second-order valence-electron chi connectivity index (χ2n) is 2.21. The summed E-state index contributed by atoms with van der Waals surface area (Å²) in [5, 5.41) is 0. The minimum absolute atomic E-state index is 0.744. The highest BCUT2D eigenvalue weighted by Crippen LogP contribution is 2.07. The fraction of sp³-hybridized carbons (Fsp3) is 0. The van der Waals surface area contributed by atoms with Crippen LogP contribution >= 0.6 is 0 Å². The Morgan fingerprint density at radius 3 is 1.79 bits per heavy atom. The summed E-state index contributed by atoms with van der Waals surface area (Å²) in [4.78, 5) is 0. The Kier molecular flexibility index (Phi) is 4.87. The normalized spacial score (nSPS) is 9.93. The molecule has 0 fully saturated rings. The van der Waals surface area contributed by atoms with Gasteiger partial charge in [-0.25, -0.2) is 0 Å². The molecule has 0 radical (unpaired) electrons. The van der Waals surface area contributed by atoms with Gasteiger partial charge in [0.25, 0.3) is 0 Å². The number of nitrogen functional groups attached to an aromatic ring is 2. The molecule has 7 N–H and O–H groups in total. The molecule has 1 rings (SSSR count). The molecule has 8 heteroatoms. The molecule has 1 aromatic carbocycles. The van der Waals surface area contributed by atoms with E-state index < -0.39 is 10.4 Å². The Balaban J connectivity index is 0.000000292. The first-order valence-corrected chi connectivity index (χ1v) is 4.74. The van der Waals surface area contributed by atoms with Crippen LogP contribution < -0.4 is 17.0 Å². The lowest BCUT2D eigenvalue weighted by Crippen LogP contribution is -2.06. The van der Waals surface area contributed by atoms with Crippen molar-refractivity contribution in [3.05, 3.63) is 24.3 Å². The lowest BCUT2D eigenvalue weighted by molar-refractivity contribution is 0.381. The van der Waals surface area contributed by atoms with Crippen LogP contribution in [0.5, 0.6) is 0 Å². The third-order valence-corrected chi connectivity index (χ3v) is 1.08. The maximum Gasteiger partial charge on any atom is 0.394 e. The van der Waals surface area contributed by atoms with Gasteiger partial charge >= 0.3 is 10.4 Å². The van der Waals surface area contributed by atoms with Crippen molar-refractivity contribution in [2.24, 2.45) is 5.84 Å². The number of benzene rings is 1. The van der Waals surface area contributed by atoms with Gasteiger partial charge in [-0.1, -0.05) is 0 Å². The van der Waals surface area contributed by atoms with Crippen molar-refractivity contribution < 1.29 is 17.5 Å². The standard InChI is InChI=1S/C6H9N3.H2O4S/c7-5-1-3-6(9-8)4-2-5;1-5(2,3)4/h1-4,9H,7-8H2;(H2,1,2,3,4). The van der Waals surface area contributed by atoms with E-state index in [0.717, 1.165) is 11.4 Å². The number of nitrogens with two attached hydrogens (primary N) is 2. The van der Waals surface area contributed by atoms with Crippen molar-refractivity contribution in [3.8, 4) is 0 Å². The van der Waals surface area contributed by atoms with E-state index in [2.05, 4.69) is 5.43 Å². The average Bonchev–Trinajstić information content (AvgIpc) is 2.03. The second kappa shape index (κ2) is 5.40. The summed E-state index contributed by atoms with van der Waals surface area (Å²) in [5.41, 5.74) is 9.52. The van der Waals surface area contributed by atoms with E-state index in [1.54, 1.807) is 12.1 Å². The van der Waals surface area contributed by atoms with E-state index in [4.69, 9.17) is 29.1 Å². The molecule has 0 aliphatic rings. The van der Waals surface area contributed by atoms with Gasteiger partial charge in [-0.15, -0.1) is 0 Å². The lowest BCUT2D eigenvalue weighted by atomic mass is 10.3. The van der Waals surface area contributed by atoms with Crippen LogP contribution in [0.2, 0.25) is 0 Å². The molecule has 0 amide bonds. The van der Waals surface area contributed by atoms with Crippen molar-refractivity contribution in [3.63, 3.8) is 0 Å². The van der Waals surface area contributed by atoms with Gasteiger partial charge in [0, 0.05) is 11.4 Å². The van der Waals surface area contributed by atoms with Gasteiger partial charge in [0.15, 0.2) is 0 Å². The van der Waals surface area contributed by atoms with Gasteiger partial charge in [-0.2, -0.15) is 8.42 Å². The number of anilines is 2. The van der Waals surface area contributed by atoms with Crippen LogP contribution in [0.3, 0.4) is 0 Å². The topological polar surface area (TPSA) is 139 Å². The Hall–Kier alpha value is -1.35. The van der Waals surface area contributed by atoms with E-state index in [-0.39, 0.29) is 0 Å². The molecule has 0 spiro atoms.